The third-order valence-corrected chi connectivity index (χ3v) is 5.84. The lowest BCUT2D eigenvalue weighted by Crippen LogP contribution is -2.58. The van der Waals surface area contributed by atoms with Gasteiger partial charge in [-0.2, -0.15) is 0 Å². The summed E-state index contributed by atoms with van der Waals surface area (Å²) in [5.41, 5.74) is -2.70. The fourth-order valence-electron chi connectivity index (χ4n) is 4.41. The van der Waals surface area contributed by atoms with Crippen molar-refractivity contribution in [3.8, 4) is 0 Å². The van der Waals surface area contributed by atoms with Gasteiger partial charge in [0.25, 0.3) is 0 Å². The van der Waals surface area contributed by atoms with E-state index in [1.807, 2.05) is 13.8 Å². The fraction of sp³-hybridized carbons (Fsp3) is 0.950. The van der Waals surface area contributed by atoms with Crippen molar-refractivity contribution >= 4 is 5.97 Å². The number of cyclic esters (lactones) is 1. The van der Waals surface area contributed by atoms with Crippen molar-refractivity contribution in [3.05, 3.63) is 0 Å². The predicted octanol–water partition coefficient (Wildman–Crippen LogP) is 1.12. The normalized spacial score (nSPS) is 46.6. The molecule has 0 spiro atoms. The molecule has 160 valence electrons. The predicted molar refractivity (Wildman–Crippen MR) is 103 cm³/mol. The number of carbonyl (C=O) groups is 1. The summed E-state index contributed by atoms with van der Waals surface area (Å²) in [6.45, 7) is 10.8. The summed E-state index contributed by atoms with van der Waals surface area (Å²) in [4.78, 5) is 14.2. The second-order valence-corrected chi connectivity index (χ2v) is 9.14. The van der Waals surface area contributed by atoms with Crippen LogP contribution in [0.5, 0.6) is 0 Å². The Morgan fingerprint density at radius 3 is 2.22 bits per heavy atom. The van der Waals surface area contributed by atoms with Crippen molar-refractivity contribution < 1.29 is 30.0 Å². The number of ether oxygens (including phenoxy) is 1. The molecule has 0 aromatic rings. The van der Waals surface area contributed by atoms with Crippen LogP contribution in [-0.4, -0.2) is 74.5 Å². The van der Waals surface area contributed by atoms with Crippen LogP contribution < -0.4 is 0 Å². The highest BCUT2D eigenvalue weighted by Crippen LogP contribution is 2.31. The minimum absolute atomic E-state index is 0.0442. The summed E-state index contributed by atoms with van der Waals surface area (Å²) in [7, 11) is 1.69. The van der Waals surface area contributed by atoms with E-state index in [0.29, 0.717) is 25.8 Å². The molecule has 1 rings (SSSR count). The summed E-state index contributed by atoms with van der Waals surface area (Å²) in [6.07, 6.45) is -1.99. The first kappa shape index (κ1) is 24.3. The maximum atomic E-state index is 12.5. The average molecular weight is 390 g/mol. The van der Waals surface area contributed by atoms with Crippen molar-refractivity contribution in [2.24, 2.45) is 17.8 Å². The summed E-state index contributed by atoms with van der Waals surface area (Å²) in [6, 6.07) is 0. The molecule has 1 heterocycles. The van der Waals surface area contributed by atoms with E-state index in [-0.39, 0.29) is 11.8 Å². The third kappa shape index (κ3) is 6.12. The van der Waals surface area contributed by atoms with Gasteiger partial charge in [-0.3, -0.25) is 9.69 Å². The number of nitrogens with zero attached hydrogens (tertiary/aromatic N) is 1. The van der Waals surface area contributed by atoms with Crippen molar-refractivity contribution in [1.29, 1.82) is 0 Å². The lowest BCUT2D eigenvalue weighted by molar-refractivity contribution is -0.208. The molecular formula is C20H39NO6. The Balaban J connectivity index is 3.22. The summed E-state index contributed by atoms with van der Waals surface area (Å²) < 4.78 is 5.49. The van der Waals surface area contributed by atoms with Gasteiger partial charge >= 0.3 is 5.97 Å². The number of esters is 1. The highest BCUT2D eigenvalue weighted by atomic mass is 16.6. The van der Waals surface area contributed by atoms with Crippen molar-refractivity contribution in [1.82, 2.24) is 4.90 Å². The number of hydrogen-bond acceptors (Lipinski definition) is 7. The van der Waals surface area contributed by atoms with Gasteiger partial charge in [0.1, 0.15) is 17.9 Å². The zero-order chi connectivity index (χ0) is 21.2. The van der Waals surface area contributed by atoms with Crippen molar-refractivity contribution in [2.45, 2.75) is 90.4 Å². The highest BCUT2D eigenvalue weighted by molar-refractivity contribution is 5.73. The Kier molecular flexibility index (Phi) is 8.26. The number of rotatable bonds is 1. The van der Waals surface area contributed by atoms with Crippen LogP contribution in [0, 0.1) is 17.8 Å². The Bertz CT molecular complexity index is 495. The number of hydrogen-bond donors (Lipinski definition) is 4. The van der Waals surface area contributed by atoms with Crippen LogP contribution >= 0.6 is 0 Å². The molecule has 0 amide bonds. The van der Waals surface area contributed by atoms with Gasteiger partial charge in [0.2, 0.25) is 0 Å². The van der Waals surface area contributed by atoms with E-state index in [1.54, 1.807) is 32.7 Å². The van der Waals surface area contributed by atoms with Crippen LogP contribution in [0.2, 0.25) is 0 Å². The molecule has 1 aliphatic heterocycles. The van der Waals surface area contributed by atoms with E-state index in [9.17, 15) is 25.2 Å². The van der Waals surface area contributed by atoms with Gasteiger partial charge in [0.05, 0.1) is 17.6 Å². The largest absolute Gasteiger partial charge is 0.459 e. The lowest BCUT2D eigenvalue weighted by atomic mass is 9.80. The average Bonchev–Trinajstić information content (AvgIpc) is 2.54. The fourth-order valence-corrected chi connectivity index (χ4v) is 4.41. The monoisotopic (exact) mass is 389 g/mol. The Morgan fingerprint density at radius 2 is 1.70 bits per heavy atom. The first-order valence-corrected chi connectivity index (χ1v) is 9.94. The van der Waals surface area contributed by atoms with E-state index in [0.717, 1.165) is 0 Å². The molecule has 1 saturated heterocycles. The molecule has 0 aromatic heterocycles. The van der Waals surface area contributed by atoms with E-state index in [4.69, 9.17) is 4.74 Å². The topological polar surface area (TPSA) is 110 Å². The molecule has 7 nitrogen and oxygen atoms in total. The van der Waals surface area contributed by atoms with Gasteiger partial charge in [-0.25, -0.2) is 0 Å². The van der Waals surface area contributed by atoms with Gasteiger partial charge in [-0.1, -0.05) is 20.8 Å². The van der Waals surface area contributed by atoms with Crippen LogP contribution in [0.3, 0.4) is 0 Å². The molecule has 0 aromatic carbocycles. The molecule has 8 atom stereocenters. The third-order valence-electron chi connectivity index (χ3n) is 5.84. The molecule has 27 heavy (non-hydrogen) atoms. The molecule has 1 fully saturated rings. The Labute approximate surface area is 163 Å². The van der Waals surface area contributed by atoms with Crippen LogP contribution in [0.1, 0.15) is 60.8 Å². The molecule has 1 unspecified atom stereocenters. The van der Waals surface area contributed by atoms with Gasteiger partial charge in [0.15, 0.2) is 0 Å². The van der Waals surface area contributed by atoms with E-state index in [2.05, 4.69) is 0 Å². The number of aliphatic hydroxyl groups excluding tert-OH is 2. The van der Waals surface area contributed by atoms with Gasteiger partial charge in [-0.15, -0.1) is 0 Å². The minimum Gasteiger partial charge on any atom is -0.459 e. The van der Waals surface area contributed by atoms with Gasteiger partial charge in [0, 0.05) is 6.54 Å². The van der Waals surface area contributed by atoms with E-state index < -0.39 is 41.5 Å². The number of likely N-dealkylation sites (N-methyl/N-ethyl adjacent to an activating group) is 1. The molecule has 1 aliphatic rings. The SMILES string of the molecule is CC[C@H]1OC(=O)[C@H](C)[C@@H](O)[C@H](C)C[C@](C)(O)C[C@@H](C)CN(C)C(O)[C@]1(C)O. The summed E-state index contributed by atoms with van der Waals surface area (Å²) in [5, 5.41) is 42.9. The van der Waals surface area contributed by atoms with Crippen molar-refractivity contribution in [3.63, 3.8) is 0 Å². The van der Waals surface area contributed by atoms with Crippen LogP contribution in [0.4, 0.5) is 0 Å². The zero-order valence-electron chi connectivity index (χ0n) is 17.8. The minimum atomic E-state index is -1.68. The van der Waals surface area contributed by atoms with Crippen LogP contribution in [0.25, 0.3) is 0 Å². The molecule has 0 saturated carbocycles. The van der Waals surface area contributed by atoms with E-state index in [1.165, 1.54) is 6.92 Å². The second-order valence-electron chi connectivity index (χ2n) is 9.14. The van der Waals surface area contributed by atoms with E-state index >= 15 is 0 Å². The molecule has 7 heteroatoms. The Hall–Kier alpha value is -0.730. The number of carbonyl (C=O) groups excluding carboxylic acids is 1. The first-order valence-electron chi connectivity index (χ1n) is 9.94. The lowest BCUT2D eigenvalue weighted by Gasteiger charge is -2.42. The quantitative estimate of drug-likeness (QED) is 0.498. The summed E-state index contributed by atoms with van der Waals surface area (Å²) in [5.74, 6) is -1.69. The standard InChI is InChI=1S/C20H39NO6/c1-8-15-20(6,26)18(24)21(7)11-12(2)9-19(5,25)10-13(3)16(22)14(4)17(23)27-15/h12-16,18,22,24-26H,8-11H2,1-7H3/t12-,13-,14-,15-,16+,18?,19-,20-/m1/s1. The van der Waals surface area contributed by atoms with Gasteiger partial charge < -0.3 is 25.2 Å². The van der Waals surface area contributed by atoms with Gasteiger partial charge in [-0.05, 0) is 58.9 Å². The molecular weight excluding hydrogens is 350 g/mol. The van der Waals surface area contributed by atoms with Crippen molar-refractivity contribution in [2.75, 3.05) is 13.6 Å². The Morgan fingerprint density at radius 1 is 1.15 bits per heavy atom. The first-order chi connectivity index (χ1) is 12.2. The maximum absolute atomic E-state index is 12.5. The second kappa shape index (κ2) is 9.18. The smallest absolute Gasteiger partial charge is 0.311 e. The summed E-state index contributed by atoms with van der Waals surface area (Å²) >= 11 is 0. The maximum Gasteiger partial charge on any atom is 0.311 e. The number of aliphatic hydroxyl groups is 4. The van der Waals surface area contributed by atoms with Crippen LogP contribution in [-0.2, 0) is 9.53 Å². The molecule has 0 radical (unpaired) electrons. The zero-order valence-corrected chi connectivity index (χ0v) is 17.8. The van der Waals surface area contributed by atoms with Crippen LogP contribution in [0.15, 0.2) is 0 Å². The highest BCUT2D eigenvalue weighted by Gasteiger charge is 2.44. The molecule has 0 aliphatic carbocycles. The molecule has 0 bridgehead atoms. The molecule has 4 N–H and O–H groups in total.